The first-order valence-corrected chi connectivity index (χ1v) is 8.73. The van der Waals surface area contributed by atoms with Gasteiger partial charge in [0.05, 0.1) is 0 Å². The lowest BCUT2D eigenvalue weighted by Gasteiger charge is -2.20. The van der Waals surface area contributed by atoms with Crippen LogP contribution in [0.2, 0.25) is 0 Å². The molecule has 6 heteroatoms. The van der Waals surface area contributed by atoms with Crippen molar-refractivity contribution in [2.45, 2.75) is 39.2 Å². The molecule has 0 aliphatic carbocycles. The standard InChI is InChI=1S/C20H27N3O3/c1-20(2,3)26-19-6-4-5-15(23-19)9-12-18(24)22-16-7-10-17(11-8-16)25-14-13-21/h4-8,10-11H,9,12-14,21H2,1-3H3,(H,22,24). The van der Waals surface area contributed by atoms with E-state index in [1.165, 1.54) is 0 Å². The largest absolute Gasteiger partial charge is 0.492 e. The summed E-state index contributed by atoms with van der Waals surface area (Å²) in [7, 11) is 0. The number of anilines is 1. The van der Waals surface area contributed by atoms with E-state index < -0.39 is 0 Å². The van der Waals surface area contributed by atoms with Crippen molar-refractivity contribution in [3.8, 4) is 11.6 Å². The molecule has 1 heterocycles. The van der Waals surface area contributed by atoms with E-state index in [0.717, 1.165) is 17.1 Å². The summed E-state index contributed by atoms with van der Waals surface area (Å²) in [5.41, 5.74) is 6.65. The van der Waals surface area contributed by atoms with Crippen molar-refractivity contribution in [1.82, 2.24) is 4.98 Å². The van der Waals surface area contributed by atoms with Gasteiger partial charge in [0.1, 0.15) is 18.0 Å². The Labute approximate surface area is 154 Å². The van der Waals surface area contributed by atoms with Gasteiger partial charge in [-0.15, -0.1) is 0 Å². The Bertz CT molecular complexity index is 709. The number of ether oxygens (including phenoxy) is 2. The molecule has 140 valence electrons. The van der Waals surface area contributed by atoms with Gasteiger partial charge >= 0.3 is 0 Å². The molecule has 26 heavy (non-hydrogen) atoms. The second kappa shape index (κ2) is 9.20. The summed E-state index contributed by atoms with van der Waals surface area (Å²) in [5, 5.41) is 2.87. The molecule has 0 saturated carbocycles. The maximum Gasteiger partial charge on any atom is 0.224 e. The number of carbonyl (C=O) groups is 1. The van der Waals surface area contributed by atoms with Crippen LogP contribution in [0.5, 0.6) is 11.6 Å². The quantitative estimate of drug-likeness (QED) is 0.758. The molecular formula is C20H27N3O3. The van der Waals surface area contributed by atoms with Gasteiger partial charge in [-0.25, -0.2) is 4.98 Å². The van der Waals surface area contributed by atoms with Gasteiger partial charge in [0.15, 0.2) is 0 Å². The number of pyridine rings is 1. The van der Waals surface area contributed by atoms with Gasteiger partial charge in [-0.2, -0.15) is 0 Å². The van der Waals surface area contributed by atoms with Crippen LogP contribution in [0, 0.1) is 0 Å². The molecule has 0 radical (unpaired) electrons. The molecule has 1 aromatic heterocycles. The van der Waals surface area contributed by atoms with Crippen LogP contribution in [0.1, 0.15) is 32.9 Å². The number of aryl methyl sites for hydroxylation is 1. The van der Waals surface area contributed by atoms with Crippen LogP contribution in [-0.4, -0.2) is 29.6 Å². The fourth-order valence-electron chi connectivity index (χ4n) is 2.24. The van der Waals surface area contributed by atoms with Crippen LogP contribution >= 0.6 is 0 Å². The highest BCUT2D eigenvalue weighted by Crippen LogP contribution is 2.17. The molecule has 2 aromatic rings. The summed E-state index contributed by atoms with van der Waals surface area (Å²) < 4.78 is 11.2. The predicted octanol–water partition coefficient (Wildman–Crippen LogP) is 3.17. The van der Waals surface area contributed by atoms with Gasteiger partial charge in [0.2, 0.25) is 11.8 Å². The number of hydrogen-bond donors (Lipinski definition) is 2. The lowest BCUT2D eigenvalue weighted by atomic mass is 10.2. The normalized spacial score (nSPS) is 11.1. The van der Waals surface area contributed by atoms with Crippen LogP contribution in [0.15, 0.2) is 42.5 Å². The fraction of sp³-hybridized carbons (Fsp3) is 0.400. The SMILES string of the molecule is CC(C)(C)Oc1cccc(CCC(=O)Nc2ccc(OCCN)cc2)n1. The number of rotatable bonds is 8. The number of nitrogens with two attached hydrogens (primary N) is 1. The lowest BCUT2D eigenvalue weighted by molar-refractivity contribution is -0.116. The number of nitrogens with one attached hydrogen (secondary N) is 1. The van der Waals surface area contributed by atoms with E-state index >= 15 is 0 Å². The molecule has 2 rings (SSSR count). The zero-order valence-electron chi connectivity index (χ0n) is 15.6. The van der Waals surface area contributed by atoms with E-state index in [4.69, 9.17) is 15.2 Å². The second-order valence-corrected chi connectivity index (χ2v) is 6.89. The van der Waals surface area contributed by atoms with E-state index in [9.17, 15) is 4.79 Å². The average Bonchev–Trinajstić information content (AvgIpc) is 2.58. The van der Waals surface area contributed by atoms with Crippen molar-refractivity contribution in [2.75, 3.05) is 18.5 Å². The summed E-state index contributed by atoms with van der Waals surface area (Å²) in [6.45, 7) is 6.86. The third-order valence-corrected chi connectivity index (χ3v) is 3.32. The van der Waals surface area contributed by atoms with Crippen LogP contribution in [0.25, 0.3) is 0 Å². The Morgan fingerprint density at radius 1 is 1.15 bits per heavy atom. The van der Waals surface area contributed by atoms with E-state index in [0.29, 0.717) is 31.9 Å². The zero-order chi connectivity index (χ0) is 19.0. The van der Waals surface area contributed by atoms with Crippen LogP contribution in [-0.2, 0) is 11.2 Å². The second-order valence-electron chi connectivity index (χ2n) is 6.89. The van der Waals surface area contributed by atoms with Crippen molar-refractivity contribution in [2.24, 2.45) is 5.73 Å². The van der Waals surface area contributed by atoms with Crippen molar-refractivity contribution < 1.29 is 14.3 Å². The van der Waals surface area contributed by atoms with E-state index in [1.807, 2.05) is 39.0 Å². The zero-order valence-corrected chi connectivity index (χ0v) is 15.6. The summed E-state index contributed by atoms with van der Waals surface area (Å²) >= 11 is 0. The maximum atomic E-state index is 12.1. The molecule has 0 aliphatic heterocycles. The summed E-state index contributed by atoms with van der Waals surface area (Å²) in [5.74, 6) is 1.24. The van der Waals surface area contributed by atoms with Gasteiger partial charge < -0.3 is 20.5 Å². The van der Waals surface area contributed by atoms with Crippen molar-refractivity contribution in [3.63, 3.8) is 0 Å². The molecule has 0 aliphatic rings. The van der Waals surface area contributed by atoms with Crippen LogP contribution in [0.3, 0.4) is 0 Å². The number of benzene rings is 1. The molecule has 0 unspecified atom stereocenters. The van der Waals surface area contributed by atoms with Gasteiger partial charge in [-0.05, 0) is 57.5 Å². The highest BCUT2D eigenvalue weighted by Gasteiger charge is 2.13. The molecular weight excluding hydrogens is 330 g/mol. The summed E-state index contributed by atoms with van der Waals surface area (Å²) in [6.07, 6.45) is 0.891. The molecule has 0 fully saturated rings. The third kappa shape index (κ3) is 7.11. The molecule has 1 amide bonds. The molecule has 1 aromatic carbocycles. The maximum absolute atomic E-state index is 12.1. The van der Waals surface area contributed by atoms with E-state index in [-0.39, 0.29) is 11.5 Å². The number of amides is 1. The number of hydrogen-bond acceptors (Lipinski definition) is 5. The van der Waals surface area contributed by atoms with Crippen LogP contribution < -0.4 is 20.5 Å². The highest BCUT2D eigenvalue weighted by molar-refractivity contribution is 5.90. The Kier molecular flexibility index (Phi) is 6.97. The molecule has 3 N–H and O–H groups in total. The van der Waals surface area contributed by atoms with E-state index in [1.54, 1.807) is 24.3 Å². The molecule has 6 nitrogen and oxygen atoms in total. The minimum Gasteiger partial charge on any atom is -0.492 e. The smallest absolute Gasteiger partial charge is 0.224 e. The predicted molar refractivity (Wildman–Crippen MR) is 103 cm³/mol. The summed E-state index contributed by atoms with van der Waals surface area (Å²) in [4.78, 5) is 16.6. The number of nitrogens with zero attached hydrogens (tertiary/aromatic N) is 1. The van der Waals surface area contributed by atoms with Gasteiger partial charge in [-0.3, -0.25) is 4.79 Å². The van der Waals surface area contributed by atoms with Crippen molar-refractivity contribution in [3.05, 3.63) is 48.2 Å². The third-order valence-electron chi connectivity index (χ3n) is 3.32. The lowest BCUT2D eigenvalue weighted by Crippen LogP contribution is -2.23. The monoisotopic (exact) mass is 357 g/mol. The Hall–Kier alpha value is -2.60. The average molecular weight is 357 g/mol. The topological polar surface area (TPSA) is 86.5 Å². The Morgan fingerprint density at radius 2 is 1.88 bits per heavy atom. The number of aromatic nitrogens is 1. The Balaban J connectivity index is 1.84. The van der Waals surface area contributed by atoms with Gasteiger partial charge in [0.25, 0.3) is 0 Å². The fourth-order valence-corrected chi connectivity index (χ4v) is 2.24. The van der Waals surface area contributed by atoms with Gasteiger partial charge in [-0.1, -0.05) is 6.07 Å². The first-order valence-electron chi connectivity index (χ1n) is 8.73. The Morgan fingerprint density at radius 3 is 2.54 bits per heavy atom. The molecule has 0 saturated heterocycles. The van der Waals surface area contributed by atoms with Crippen molar-refractivity contribution >= 4 is 11.6 Å². The first-order chi connectivity index (χ1) is 12.4. The molecule has 0 bridgehead atoms. The highest BCUT2D eigenvalue weighted by atomic mass is 16.5. The minimum atomic E-state index is -0.303. The molecule has 0 spiro atoms. The number of carbonyl (C=O) groups excluding carboxylic acids is 1. The van der Waals surface area contributed by atoms with Gasteiger partial charge in [0, 0.05) is 30.4 Å². The first kappa shape index (κ1) is 19.7. The van der Waals surface area contributed by atoms with E-state index in [2.05, 4.69) is 10.3 Å². The van der Waals surface area contributed by atoms with Crippen LogP contribution in [0.4, 0.5) is 5.69 Å². The van der Waals surface area contributed by atoms with Crippen molar-refractivity contribution in [1.29, 1.82) is 0 Å². The minimum absolute atomic E-state index is 0.0652. The molecule has 0 atom stereocenters. The summed E-state index contributed by atoms with van der Waals surface area (Å²) in [6, 6.07) is 12.8.